The Balaban J connectivity index is 2.96. The zero-order valence-electron chi connectivity index (χ0n) is 6.69. The predicted molar refractivity (Wildman–Crippen MR) is 43.8 cm³/mol. The first-order valence-corrected chi connectivity index (χ1v) is 3.93. The Morgan fingerprint density at radius 2 is 2.22 bits per heavy atom. The van der Waals surface area contributed by atoms with E-state index in [0.717, 1.165) is 4.59 Å². The Bertz CT molecular complexity index is 69.0. The van der Waals surface area contributed by atoms with Gasteiger partial charge in [-0.2, -0.15) is 0 Å². The Morgan fingerprint density at radius 1 is 1.56 bits per heavy atom. The van der Waals surface area contributed by atoms with Gasteiger partial charge in [-0.3, -0.25) is 0 Å². The monoisotopic (exact) mass is 118 g/mol. The van der Waals surface area contributed by atoms with Crippen molar-refractivity contribution in [3.63, 3.8) is 0 Å². The Labute approximate surface area is 67.9 Å². The summed E-state index contributed by atoms with van der Waals surface area (Å²) in [7, 11) is 0. The molecule has 0 radical (unpaired) electrons. The van der Waals surface area contributed by atoms with Gasteiger partial charge in [0.2, 0.25) is 0 Å². The van der Waals surface area contributed by atoms with E-state index in [2.05, 4.69) is 31.2 Å². The van der Waals surface area contributed by atoms with Crippen molar-refractivity contribution in [2.45, 2.75) is 37.2 Å². The van der Waals surface area contributed by atoms with Crippen LogP contribution in [0.25, 0.3) is 0 Å². The van der Waals surface area contributed by atoms with Gasteiger partial charge in [0.15, 0.2) is 0 Å². The van der Waals surface area contributed by atoms with Gasteiger partial charge in [0.05, 0.1) is 0 Å². The van der Waals surface area contributed by atoms with Crippen LogP contribution in [0.5, 0.6) is 0 Å². The van der Waals surface area contributed by atoms with Crippen LogP contribution in [0.4, 0.5) is 0 Å². The molecular weight excluding hydrogens is 103 g/mol. The fraction of sp³-hybridized carbons (Fsp3) is 0.750. The van der Waals surface area contributed by atoms with Gasteiger partial charge in [-0.15, -0.1) is 0 Å². The molecule has 0 aromatic carbocycles. The third-order valence-electron chi connectivity index (χ3n) is 1.67. The summed E-state index contributed by atoms with van der Waals surface area (Å²) in [6.07, 6.45) is 7.42. The van der Waals surface area contributed by atoms with Gasteiger partial charge in [-0.05, 0) is 0 Å². The summed E-state index contributed by atoms with van der Waals surface area (Å²) in [6.45, 7) is 5.97. The number of hydrogen-bond donors (Lipinski definition) is 0. The van der Waals surface area contributed by atoms with Gasteiger partial charge >= 0.3 is 67.6 Å². The molecule has 1 heteroatoms. The SMILES string of the molecule is [Li][CH](C=C)CCCCC. The topological polar surface area (TPSA) is 0 Å². The standard InChI is InChI=1S/C8H15.Li/c1-3-5-7-8-6-4-2;/h3,5H,1,4,6-8H2,2H3;. The van der Waals surface area contributed by atoms with Crippen molar-refractivity contribution in [1.29, 1.82) is 0 Å². The summed E-state index contributed by atoms with van der Waals surface area (Å²) in [5, 5.41) is 0. The van der Waals surface area contributed by atoms with E-state index in [0.29, 0.717) is 0 Å². The maximum absolute atomic E-state index is 3.74. The Kier molecular flexibility index (Phi) is 6.70. The molecule has 1 unspecified atom stereocenters. The molecule has 0 heterocycles. The van der Waals surface area contributed by atoms with Gasteiger partial charge in [0.1, 0.15) is 0 Å². The van der Waals surface area contributed by atoms with Gasteiger partial charge in [0.25, 0.3) is 0 Å². The molecule has 0 nitrogen and oxygen atoms in total. The molecule has 0 saturated heterocycles. The number of allylic oxidation sites excluding steroid dienone is 1. The van der Waals surface area contributed by atoms with Crippen molar-refractivity contribution < 1.29 is 0 Å². The molecule has 1 atom stereocenters. The summed E-state index contributed by atoms with van der Waals surface area (Å²) in [5.74, 6) is 0. The van der Waals surface area contributed by atoms with Crippen LogP contribution >= 0.6 is 0 Å². The molecule has 0 rings (SSSR count). The van der Waals surface area contributed by atoms with E-state index >= 15 is 0 Å². The summed E-state index contributed by atoms with van der Waals surface area (Å²) < 4.78 is 0.719. The van der Waals surface area contributed by atoms with Crippen molar-refractivity contribution in [3.8, 4) is 0 Å². The maximum atomic E-state index is 3.74. The van der Waals surface area contributed by atoms with Crippen LogP contribution in [-0.2, 0) is 0 Å². The van der Waals surface area contributed by atoms with Crippen molar-refractivity contribution in [2.75, 3.05) is 0 Å². The molecule has 0 aliphatic heterocycles. The second-order valence-corrected chi connectivity index (χ2v) is 2.71. The molecule has 9 heavy (non-hydrogen) atoms. The van der Waals surface area contributed by atoms with E-state index in [1.807, 2.05) is 6.08 Å². The third kappa shape index (κ3) is 6.22. The van der Waals surface area contributed by atoms with Gasteiger partial charge in [-0.25, -0.2) is 0 Å². The Morgan fingerprint density at radius 3 is 2.67 bits per heavy atom. The minimum absolute atomic E-state index is 0.719. The zero-order chi connectivity index (χ0) is 7.11. The average Bonchev–Trinajstić information content (AvgIpc) is 1.89. The van der Waals surface area contributed by atoms with Crippen molar-refractivity contribution in [3.05, 3.63) is 12.7 Å². The number of hydrogen-bond acceptors (Lipinski definition) is 0. The molecule has 0 spiro atoms. The van der Waals surface area contributed by atoms with Gasteiger partial charge < -0.3 is 0 Å². The minimum atomic E-state index is 0.719. The first-order chi connectivity index (χ1) is 4.31. The molecule has 0 aliphatic rings. The fourth-order valence-electron chi connectivity index (χ4n) is 0.834. The molecule has 0 aromatic heterocycles. The zero-order valence-corrected chi connectivity index (χ0v) is 6.69. The van der Waals surface area contributed by atoms with Gasteiger partial charge in [0, 0.05) is 0 Å². The van der Waals surface area contributed by atoms with Crippen molar-refractivity contribution in [1.82, 2.24) is 0 Å². The summed E-state index contributed by atoms with van der Waals surface area (Å²) >= 11 is 2.22. The molecule has 0 saturated carbocycles. The van der Waals surface area contributed by atoms with Crippen LogP contribution in [0, 0.1) is 0 Å². The first kappa shape index (κ1) is 9.34. The van der Waals surface area contributed by atoms with Crippen LogP contribution in [0.1, 0.15) is 32.6 Å². The molecule has 0 amide bonds. The Hall–Kier alpha value is 0.337. The van der Waals surface area contributed by atoms with E-state index in [-0.39, 0.29) is 0 Å². The van der Waals surface area contributed by atoms with Crippen molar-refractivity contribution >= 4 is 17.7 Å². The molecule has 0 fully saturated rings. The first-order valence-electron chi connectivity index (χ1n) is 3.93. The summed E-state index contributed by atoms with van der Waals surface area (Å²) in [4.78, 5) is 0. The molecular formula is C8H15Li. The summed E-state index contributed by atoms with van der Waals surface area (Å²) in [6, 6.07) is 0. The van der Waals surface area contributed by atoms with Crippen LogP contribution in [0.3, 0.4) is 0 Å². The number of rotatable bonds is 5. The quantitative estimate of drug-likeness (QED) is 0.296. The molecule has 0 aliphatic carbocycles. The molecule has 48 valence electrons. The second-order valence-electron chi connectivity index (χ2n) is 2.71. The third-order valence-corrected chi connectivity index (χ3v) is 1.67. The molecule has 0 aromatic rings. The van der Waals surface area contributed by atoms with E-state index < -0.39 is 0 Å². The van der Waals surface area contributed by atoms with Crippen LogP contribution in [0.2, 0.25) is 4.59 Å². The van der Waals surface area contributed by atoms with Crippen molar-refractivity contribution in [2.24, 2.45) is 0 Å². The van der Waals surface area contributed by atoms with Crippen LogP contribution in [0.15, 0.2) is 12.7 Å². The second kappa shape index (κ2) is 6.46. The van der Waals surface area contributed by atoms with Crippen LogP contribution in [-0.4, -0.2) is 17.7 Å². The normalized spacial score (nSPS) is 13.2. The number of unbranched alkanes of at least 4 members (excludes halogenated alkanes) is 2. The van der Waals surface area contributed by atoms with Crippen LogP contribution < -0.4 is 0 Å². The fourth-order valence-corrected chi connectivity index (χ4v) is 0.834. The molecule has 0 bridgehead atoms. The van der Waals surface area contributed by atoms with E-state index in [4.69, 9.17) is 0 Å². The van der Waals surface area contributed by atoms with E-state index in [1.165, 1.54) is 25.7 Å². The van der Waals surface area contributed by atoms with Gasteiger partial charge in [-0.1, -0.05) is 0 Å². The average molecular weight is 118 g/mol. The van der Waals surface area contributed by atoms with E-state index in [9.17, 15) is 0 Å². The predicted octanol–water partition coefficient (Wildman–Crippen LogP) is 2.71. The van der Waals surface area contributed by atoms with E-state index in [1.54, 1.807) is 0 Å². The summed E-state index contributed by atoms with van der Waals surface area (Å²) in [5.41, 5.74) is 0. The molecule has 0 N–H and O–H groups in total.